The molecule has 3 rings (SSSR count). The highest BCUT2D eigenvalue weighted by Gasteiger charge is 2.29. The minimum atomic E-state index is -0.395. The third-order valence-corrected chi connectivity index (χ3v) is 4.08. The van der Waals surface area contributed by atoms with Crippen LogP contribution in [-0.4, -0.2) is 30.9 Å². The number of rotatable bonds is 2. The number of hydrogen-bond acceptors (Lipinski definition) is 5. The molecule has 0 radical (unpaired) electrons. The second kappa shape index (κ2) is 4.69. The summed E-state index contributed by atoms with van der Waals surface area (Å²) in [6, 6.07) is -0.105. The quantitative estimate of drug-likeness (QED) is 0.751. The van der Waals surface area contributed by atoms with Gasteiger partial charge in [0, 0.05) is 14.1 Å². The summed E-state index contributed by atoms with van der Waals surface area (Å²) in [4.78, 5) is 29.1. The van der Waals surface area contributed by atoms with Gasteiger partial charge >= 0.3 is 5.69 Å². The highest BCUT2D eigenvalue weighted by molar-refractivity contribution is 5.91. The second-order valence-electron chi connectivity index (χ2n) is 5.45. The molecule has 8 heteroatoms. The minimum absolute atomic E-state index is 0.105. The average Bonchev–Trinajstić information content (AvgIpc) is 2.89. The van der Waals surface area contributed by atoms with Crippen LogP contribution >= 0.6 is 0 Å². The van der Waals surface area contributed by atoms with Crippen LogP contribution in [0.5, 0.6) is 0 Å². The van der Waals surface area contributed by atoms with E-state index >= 15 is 0 Å². The van der Waals surface area contributed by atoms with Gasteiger partial charge in [-0.15, -0.1) is 6.58 Å². The van der Waals surface area contributed by atoms with Crippen molar-refractivity contribution in [3.8, 4) is 0 Å². The molecule has 0 unspecified atom stereocenters. The van der Waals surface area contributed by atoms with Crippen molar-refractivity contribution in [2.45, 2.75) is 19.9 Å². The molecular formula is C14H18N6O2. The molecule has 2 aromatic rings. The Balaban J connectivity index is 2.47. The number of hydrazone groups is 1. The molecule has 0 saturated carbocycles. The summed E-state index contributed by atoms with van der Waals surface area (Å²) in [7, 11) is 3.08. The Kier molecular flexibility index (Phi) is 3.05. The lowest BCUT2D eigenvalue weighted by Crippen LogP contribution is -2.38. The van der Waals surface area contributed by atoms with E-state index in [0.717, 1.165) is 10.3 Å². The molecule has 3 heterocycles. The molecular weight excluding hydrogens is 284 g/mol. The maximum absolute atomic E-state index is 12.6. The van der Waals surface area contributed by atoms with E-state index in [2.05, 4.69) is 16.7 Å². The van der Waals surface area contributed by atoms with Crippen molar-refractivity contribution >= 4 is 22.8 Å². The summed E-state index contributed by atoms with van der Waals surface area (Å²) in [6.45, 7) is 8.06. The number of fused-ring (bicyclic) bond motifs is 3. The Morgan fingerprint density at radius 1 is 1.27 bits per heavy atom. The van der Waals surface area contributed by atoms with Crippen LogP contribution in [0.25, 0.3) is 11.2 Å². The topological polar surface area (TPSA) is 77.4 Å². The van der Waals surface area contributed by atoms with E-state index in [9.17, 15) is 9.59 Å². The van der Waals surface area contributed by atoms with Crippen LogP contribution < -0.4 is 16.3 Å². The zero-order valence-corrected chi connectivity index (χ0v) is 13.1. The fourth-order valence-electron chi connectivity index (χ4n) is 2.70. The lowest BCUT2D eigenvalue weighted by molar-refractivity contribution is 0.647. The summed E-state index contributed by atoms with van der Waals surface area (Å²) in [5.41, 5.74) is 0.902. The van der Waals surface area contributed by atoms with Gasteiger partial charge in [0.15, 0.2) is 11.2 Å². The molecule has 116 valence electrons. The highest BCUT2D eigenvalue weighted by Crippen LogP contribution is 2.29. The highest BCUT2D eigenvalue weighted by atomic mass is 16.2. The SMILES string of the molecule is C=CCN1N=C(C)[C@@H](C)n2c1nc1c2c(=O)n(C)c(=O)n1C. The van der Waals surface area contributed by atoms with E-state index in [-0.39, 0.29) is 11.6 Å². The number of hydrogen-bond donors (Lipinski definition) is 0. The molecule has 0 saturated heterocycles. The van der Waals surface area contributed by atoms with Crippen molar-refractivity contribution in [2.75, 3.05) is 11.6 Å². The van der Waals surface area contributed by atoms with E-state index in [0.29, 0.717) is 23.7 Å². The zero-order valence-electron chi connectivity index (χ0n) is 13.1. The Hall–Kier alpha value is -2.64. The van der Waals surface area contributed by atoms with E-state index in [4.69, 9.17) is 0 Å². The van der Waals surface area contributed by atoms with Gasteiger partial charge in [-0.25, -0.2) is 9.80 Å². The lowest BCUT2D eigenvalue weighted by Gasteiger charge is -2.28. The van der Waals surface area contributed by atoms with E-state index < -0.39 is 5.69 Å². The van der Waals surface area contributed by atoms with Gasteiger partial charge in [-0.1, -0.05) is 6.08 Å². The molecule has 1 aliphatic rings. The summed E-state index contributed by atoms with van der Waals surface area (Å²) in [5, 5.41) is 6.18. The maximum atomic E-state index is 12.6. The third-order valence-electron chi connectivity index (χ3n) is 4.08. The smallest absolute Gasteiger partial charge is 0.294 e. The monoisotopic (exact) mass is 302 g/mol. The first-order chi connectivity index (χ1) is 10.4. The van der Waals surface area contributed by atoms with Crippen LogP contribution in [0.4, 0.5) is 5.95 Å². The molecule has 1 aliphatic heterocycles. The van der Waals surface area contributed by atoms with Gasteiger partial charge in [0.05, 0.1) is 18.3 Å². The normalized spacial score (nSPS) is 17.5. The number of aromatic nitrogens is 4. The lowest BCUT2D eigenvalue weighted by atomic mass is 10.2. The van der Waals surface area contributed by atoms with Crippen LogP contribution in [0.15, 0.2) is 27.3 Å². The Morgan fingerprint density at radius 3 is 2.59 bits per heavy atom. The molecule has 1 atom stereocenters. The Labute approximate surface area is 126 Å². The predicted octanol–water partition coefficient (Wildman–Crippen LogP) is 0.377. The van der Waals surface area contributed by atoms with Gasteiger partial charge in [0.1, 0.15) is 0 Å². The van der Waals surface area contributed by atoms with E-state index in [1.165, 1.54) is 11.6 Å². The van der Waals surface area contributed by atoms with Gasteiger partial charge < -0.3 is 0 Å². The van der Waals surface area contributed by atoms with Gasteiger partial charge in [-0.05, 0) is 13.8 Å². The second-order valence-corrected chi connectivity index (χ2v) is 5.45. The standard InChI is InChI=1S/C14H18N6O2/c1-6-7-19-13-15-11-10(20(13)9(3)8(2)16-19)12(21)18(5)14(22)17(11)4/h6,9H,1,7H2,2-5H3/t9-/m1/s1. The van der Waals surface area contributed by atoms with Crippen molar-refractivity contribution in [1.82, 2.24) is 18.7 Å². The van der Waals surface area contributed by atoms with Crippen LogP contribution in [0, 0.1) is 0 Å². The fraction of sp³-hybridized carbons (Fsp3) is 0.429. The number of aryl methyl sites for hydroxylation is 1. The summed E-state index contributed by atoms with van der Waals surface area (Å²) in [5.74, 6) is 0.548. The van der Waals surface area contributed by atoms with Crippen LogP contribution in [0.1, 0.15) is 19.9 Å². The van der Waals surface area contributed by atoms with Crippen LogP contribution in [-0.2, 0) is 14.1 Å². The third kappa shape index (κ3) is 1.69. The first-order valence-electron chi connectivity index (χ1n) is 7.00. The molecule has 0 spiro atoms. The molecule has 0 fully saturated rings. The first-order valence-corrected chi connectivity index (χ1v) is 7.00. The Morgan fingerprint density at radius 2 is 1.95 bits per heavy atom. The average molecular weight is 302 g/mol. The molecule has 0 aromatic carbocycles. The van der Waals surface area contributed by atoms with Crippen molar-refractivity contribution in [3.63, 3.8) is 0 Å². The number of nitrogens with zero attached hydrogens (tertiary/aromatic N) is 6. The van der Waals surface area contributed by atoms with Crippen molar-refractivity contribution < 1.29 is 0 Å². The fourth-order valence-corrected chi connectivity index (χ4v) is 2.70. The number of anilines is 1. The van der Waals surface area contributed by atoms with Crippen molar-refractivity contribution in [1.29, 1.82) is 0 Å². The summed E-state index contributed by atoms with van der Waals surface area (Å²) >= 11 is 0. The molecule has 0 bridgehead atoms. The summed E-state index contributed by atoms with van der Waals surface area (Å²) < 4.78 is 4.32. The summed E-state index contributed by atoms with van der Waals surface area (Å²) in [6.07, 6.45) is 1.72. The minimum Gasteiger partial charge on any atom is -0.294 e. The maximum Gasteiger partial charge on any atom is 0.332 e. The predicted molar refractivity (Wildman–Crippen MR) is 85.6 cm³/mol. The van der Waals surface area contributed by atoms with Gasteiger partial charge in [-0.3, -0.25) is 18.5 Å². The van der Waals surface area contributed by atoms with Gasteiger partial charge in [-0.2, -0.15) is 10.1 Å². The molecule has 0 N–H and O–H groups in total. The molecule has 2 aromatic heterocycles. The molecule has 8 nitrogen and oxygen atoms in total. The number of imidazole rings is 1. The van der Waals surface area contributed by atoms with E-state index in [1.54, 1.807) is 18.1 Å². The Bertz CT molecular complexity index is 929. The van der Waals surface area contributed by atoms with E-state index in [1.807, 2.05) is 18.4 Å². The van der Waals surface area contributed by atoms with Gasteiger partial charge in [0.2, 0.25) is 5.95 Å². The molecule has 0 amide bonds. The van der Waals surface area contributed by atoms with Gasteiger partial charge in [0.25, 0.3) is 5.56 Å². The largest absolute Gasteiger partial charge is 0.332 e. The first kappa shape index (κ1) is 14.3. The zero-order chi connectivity index (χ0) is 16.2. The van der Waals surface area contributed by atoms with Crippen LogP contribution in [0.3, 0.4) is 0 Å². The van der Waals surface area contributed by atoms with Crippen molar-refractivity contribution in [2.24, 2.45) is 19.2 Å². The van der Waals surface area contributed by atoms with Crippen LogP contribution in [0.2, 0.25) is 0 Å². The molecule has 0 aliphatic carbocycles. The van der Waals surface area contributed by atoms with Crippen molar-refractivity contribution in [3.05, 3.63) is 33.5 Å². The molecule has 22 heavy (non-hydrogen) atoms.